The molecule has 1 unspecified atom stereocenters. The normalized spacial score (nSPS) is 21.2. The summed E-state index contributed by atoms with van der Waals surface area (Å²) in [4.78, 5) is 14.4. The summed E-state index contributed by atoms with van der Waals surface area (Å²) in [7, 11) is 0. The van der Waals surface area contributed by atoms with E-state index >= 15 is 0 Å². The molecule has 1 atom stereocenters. The summed E-state index contributed by atoms with van der Waals surface area (Å²) >= 11 is 7.43. The molecule has 3 nitrogen and oxygen atoms in total. The number of carbonyl (C=O) groups is 1. The lowest BCUT2D eigenvalue weighted by atomic mass is 10.1. The van der Waals surface area contributed by atoms with Crippen LogP contribution in [0.4, 0.5) is 0 Å². The van der Waals surface area contributed by atoms with Crippen molar-refractivity contribution in [3.63, 3.8) is 0 Å². The summed E-state index contributed by atoms with van der Waals surface area (Å²) in [6, 6.07) is 0. The molecule has 1 fully saturated rings. The highest BCUT2D eigenvalue weighted by molar-refractivity contribution is 7.13. The Balaban J connectivity index is 2.15. The van der Waals surface area contributed by atoms with Crippen molar-refractivity contribution in [2.75, 3.05) is 13.1 Å². The molecule has 2 heterocycles. The van der Waals surface area contributed by atoms with Crippen LogP contribution in [0, 0.1) is 6.92 Å². The van der Waals surface area contributed by atoms with Gasteiger partial charge in [-0.3, -0.25) is 4.79 Å². The van der Waals surface area contributed by atoms with Crippen molar-refractivity contribution in [1.82, 2.24) is 4.90 Å². The van der Waals surface area contributed by atoms with Crippen LogP contribution in [0.1, 0.15) is 28.1 Å². The van der Waals surface area contributed by atoms with Crippen LogP contribution < -0.4 is 0 Å². The third-order valence-electron chi connectivity index (χ3n) is 2.78. The van der Waals surface area contributed by atoms with Gasteiger partial charge in [-0.05, 0) is 30.7 Å². The minimum atomic E-state index is -0.391. The largest absolute Gasteiger partial charge is 0.391 e. The fourth-order valence-corrected chi connectivity index (χ4v) is 3.10. The Labute approximate surface area is 104 Å². The number of aliphatic hydroxyl groups excluding tert-OH is 1. The van der Waals surface area contributed by atoms with E-state index in [9.17, 15) is 9.90 Å². The summed E-state index contributed by atoms with van der Waals surface area (Å²) in [5.74, 6) is -0.0538. The van der Waals surface area contributed by atoms with Crippen molar-refractivity contribution in [3.05, 3.63) is 20.8 Å². The Morgan fingerprint density at radius 2 is 2.44 bits per heavy atom. The molecule has 5 heteroatoms. The number of amides is 1. The number of rotatable bonds is 1. The van der Waals surface area contributed by atoms with Gasteiger partial charge in [0.25, 0.3) is 5.91 Å². The summed E-state index contributed by atoms with van der Waals surface area (Å²) < 4.78 is 0. The van der Waals surface area contributed by atoms with Crippen molar-refractivity contribution in [2.45, 2.75) is 25.9 Å². The maximum absolute atomic E-state index is 12.1. The first-order valence-electron chi connectivity index (χ1n) is 5.30. The number of hydrogen-bond donors (Lipinski definition) is 1. The summed E-state index contributed by atoms with van der Waals surface area (Å²) in [6.07, 6.45) is 1.24. The van der Waals surface area contributed by atoms with E-state index in [1.807, 2.05) is 12.3 Å². The third kappa shape index (κ3) is 2.24. The minimum Gasteiger partial charge on any atom is -0.391 e. The molecular formula is C11H14ClNO2S. The Bertz CT molecular complexity index is 405. The highest BCUT2D eigenvalue weighted by Crippen LogP contribution is 2.29. The Morgan fingerprint density at radius 1 is 1.69 bits per heavy atom. The van der Waals surface area contributed by atoms with E-state index in [2.05, 4.69) is 0 Å². The first kappa shape index (κ1) is 11.9. The quantitative estimate of drug-likeness (QED) is 0.841. The molecule has 0 aromatic carbocycles. The van der Waals surface area contributed by atoms with Crippen LogP contribution in [-0.4, -0.2) is 35.1 Å². The average molecular weight is 260 g/mol. The monoisotopic (exact) mass is 259 g/mol. The van der Waals surface area contributed by atoms with Gasteiger partial charge in [-0.2, -0.15) is 0 Å². The average Bonchev–Trinajstić information content (AvgIpc) is 2.59. The van der Waals surface area contributed by atoms with E-state index < -0.39 is 6.10 Å². The van der Waals surface area contributed by atoms with E-state index in [-0.39, 0.29) is 5.91 Å². The smallest absolute Gasteiger partial charge is 0.265 e. The number of aliphatic hydroxyl groups is 1. The summed E-state index contributed by atoms with van der Waals surface area (Å²) in [5.41, 5.74) is 0.938. The molecule has 1 aromatic heterocycles. The number of halogens is 1. The standard InChI is InChI=1S/C11H14ClNO2S/c1-7-6-16-10(9(7)12)11(15)13-4-2-3-8(14)5-13/h6,8,14H,2-5H2,1H3. The SMILES string of the molecule is Cc1csc(C(=O)N2CCCC(O)C2)c1Cl. The molecule has 0 spiro atoms. The topological polar surface area (TPSA) is 40.5 Å². The molecule has 88 valence electrons. The van der Waals surface area contributed by atoms with Gasteiger partial charge in [0.15, 0.2) is 0 Å². The van der Waals surface area contributed by atoms with Gasteiger partial charge >= 0.3 is 0 Å². The minimum absolute atomic E-state index is 0.0538. The van der Waals surface area contributed by atoms with E-state index in [1.165, 1.54) is 11.3 Å². The number of thiophene rings is 1. The van der Waals surface area contributed by atoms with Gasteiger partial charge in [-0.1, -0.05) is 11.6 Å². The predicted molar refractivity (Wildman–Crippen MR) is 65.2 cm³/mol. The second-order valence-corrected chi connectivity index (χ2v) is 5.37. The molecule has 0 bridgehead atoms. The van der Waals surface area contributed by atoms with Crippen molar-refractivity contribution in [2.24, 2.45) is 0 Å². The highest BCUT2D eigenvalue weighted by Gasteiger charge is 2.25. The molecule has 2 rings (SSSR count). The Kier molecular flexibility index (Phi) is 3.52. The second-order valence-electron chi connectivity index (χ2n) is 4.11. The van der Waals surface area contributed by atoms with Crippen LogP contribution in [0.25, 0.3) is 0 Å². The van der Waals surface area contributed by atoms with E-state index in [4.69, 9.17) is 11.6 Å². The van der Waals surface area contributed by atoms with Crippen LogP contribution in [-0.2, 0) is 0 Å². The fourth-order valence-electron chi connectivity index (χ4n) is 1.86. The maximum atomic E-state index is 12.1. The molecule has 1 aromatic rings. The summed E-state index contributed by atoms with van der Waals surface area (Å²) in [6.45, 7) is 3.02. The Morgan fingerprint density at radius 3 is 3.00 bits per heavy atom. The molecule has 16 heavy (non-hydrogen) atoms. The first-order valence-corrected chi connectivity index (χ1v) is 6.56. The number of β-amino-alcohol motifs (C(OH)–C–C–N with tert-alkyl or cyclic N) is 1. The number of piperidine rings is 1. The fraction of sp³-hybridized carbons (Fsp3) is 0.545. The second kappa shape index (κ2) is 4.73. The first-order chi connectivity index (χ1) is 7.59. The van der Waals surface area contributed by atoms with Gasteiger partial charge in [0.05, 0.1) is 11.1 Å². The lowest BCUT2D eigenvalue weighted by Crippen LogP contribution is -2.41. The van der Waals surface area contributed by atoms with Crippen LogP contribution in [0.15, 0.2) is 5.38 Å². The van der Waals surface area contributed by atoms with Gasteiger partial charge in [0.1, 0.15) is 4.88 Å². The maximum Gasteiger partial charge on any atom is 0.265 e. The third-order valence-corrected chi connectivity index (χ3v) is 4.46. The molecule has 1 N–H and O–H groups in total. The van der Waals surface area contributed by atoms with Crippen LogP contribution in [0.2, 0.25) is 5.02 Å². The molecule has 1 aliphatic rings. The van der Waals surface area contributed by atoms with Gasteiger partial charge in [0.2, 0.25) is 0 Å². The number of hydrogen-bond acceptors (Lipinski definition) is 3. The lowest BCUT2D eigenvalue weighted by Gasteiger charge is -2.29. The van der Waals surface area contributed by atoms with Gasteiger partial charge < -0.3 is 10.0 Å². The number of carbonyl (C=O) groups excluding carboxylic acids is 1. The van der Waals surface area contributed by atoms with Crippen LogP contribution in [0.5, 0.6) is 0 Å². The molecule has 0 aliphatic carbocycles. The van der Waals surface area contributed by atoms with Crippen molar-refractivity contribution in [1.29, 1.82) is 0 Å². The molecule has 1 aliphatic heterocycles. The van der Waals surface area contributed by atoms with E-state index in [1.54, 1.807) is 4.90 Å². The van der Waals surface area contributed by atoms with Gasteiger partial charge in [-0.15, -0.1) is 11.3 Å². The van der Waals surface area contributed by atoms with Crippen LogP contribution >= 0.6 is 22.9 Å². The van der Waals surface area contributed by atoms with Crippen LogP contribution in [0.3, 0.4) is 0 Å². The predicted octanol–water partition coefficient (Wildman–Crippen LogP) is 2.31. The molecule has 0 saturated carbocycles. The zero-order valence-electron chi connectivity index (χ0n) is 9.07. The Hall–Kier alpha value is -0.580. The zero-order valence-corrected chi connectivity index (χ0v) is 10.6. The zero-order chi connectivity index (χ0) is 11.7. The van der Waals surface area contributed by atoms with Crippen molar-refractivity contribution in [3.8, 4) is 0 Å². The van der Waals surface area contributed by atoms with Crippen molar-refractivity contribution < 1.29 is 9.90 Å². The van der Waals surface area contributed by atoms with Gasteiger partial charge in [-0.25, -0.2) is 0 Å². The molecule has 0 radical (unpaired) electrons. The molecule has 1 amide bonds. The van der Waals surface area contributed by atoms with Gasteiger partial charge in [0, 0.05) is 13.1 Å². The van der Waals surface area contributed by atoms with E-state index in [0.29, 0.717) is 23.0 Å². The number of aryl methyl sites for hydroxylation is 1. The lowest BCUT2D eigenvalue weighted by molar-refractivity contribution is 0.0478. The molecule has 1 saturated heterocycles. The van der Waals surface area contributed by atoms with Crippen molar-refractivity contribution >= 4 is 28.8 Å². The van der Waals surface area contributed by atoms with E-state index in [0.717, 1.165) is 18.4 Å². The number of nitrogens with zero attached hydrogens (tertiary/aromatic N) is 1. The highest BCUT2D eigenvalue weighted by atomic mass is 35.5. The molecular weight excluding hydrogens is 246 g/mol. The number of likely N-dealkylation sites (tertiary alicyclic amines) is 1. The summed E-state index contributed by atoms with van der Waals surface area (Å²) in [5, 5.41) is 12.0.